The molecule has 0 aromatic carbocycles. The highest BCUT2D eigenvalue weighted by Gasteiger charge is 2.32. The summed E-state index contributed by atoms with van der Waals surface area (Å²) in [5.74, 6) is -1.59. The maximum absolute atomic E-state index is 10.6. The molecule has 0 saturated carbocycles. The zero-order valence-electron chi connectivity index (χ0n) is 6.40. The van der Waals surface area contributed by atoms with Gasteiger partial charge in [0, 0.05) is 0 Å². The van der Waals surface area contributed by atoms with Gasteiger partial charge in [-0.2, -0.15) is 0 Å². The van der Waals surface area contributed by atoms with Gasteiger partial charge in [0.2, 0.25) is 0 Å². The molecule has 0 radical (unpaired) electrons. The molecule has 0 aromatic rings. The van der Waals surface area contributed by atoms with Crippen LogP contribution in [-0.4, -0.2) is 22.3 Å². The van der Waals surface area contributed by atoms with Crippen LogP contribution in [-0.2, 0) is 4.79 Å². The molecule has 3 unspecified atom stereocenters. The summed E-state index contributed by atoms with van der Waals surface area (Å²) in [6.07, 6.45) is 3.41. The number of allylic oxidation sites excluding steroid dienone is 1. The quantitative estimate of drug-likeness (QED) is 0.548. The fourth-order valence-corrected chi connectivity index (χ4v) is 1.44. The maximum atomic E-state index is 10.6. The SMILES string of the molecule is CC1C=CCC(O)C1C(=O)O. The van der Waals surface area contributed by atoms with Gasteiger partial charge in [-0.05, 0) is 12.3 Å². The van der Waals surface area contributed by atoms with Crippen molar-refractivity contribution in [3.05, 3.63) is 12.2 Å². The molecular formula is C8H12O3. The van der Waals surface area contributed by atoms with Gasteiger partial charge in [-0.3, -0.25) is 4.79 Å². The van der Waals surface area contributed by atoms with Crippen LogP contribution in [0.3, 0.4) is 0 Å². The lowest BCUT2D eigenvalue weighted by Gasteiger charge is -2.25. The third-order valence-electron chi connectivity index (χ3n) is 2.08. The zero-order valence-corrected chi connectivity index (χ0v) is 6.40. The van der Waals surface area contributed by atoms with Crippen molar-refractivity contribution in [3.63, 3.8) is 0 Å². The Morgan fingerprint density at radius 1 is 1.64 bits per heavy atom. The largest absolute Gasteiger partial charge is 0.481 e. The Morgan fingerprint density at radius 3 is 2.64 bits per heavy atom. The summed E-state index contributed by atoms with van der Waals surface area (Å²) < 4.78 is 0. The van der Waals surface area contributed by atoms with Crippen molar-refractivity contribution in [1.29, 1.82) is 0 Å². The molecule has 11 heavy (non-hydrogen) atoms. The third-order valence-corrected chi connectivity index (χ3v) is 2.08. The van der Waals surface area contributed by atoms with Crippen molar-refractivity contribution < 1.29 is 15.0 Å². The van der Waals surface area contributed by atoms with E-state index in [1.807, 2.05) is 12.2 Å². The van der Waals surface area contributed by atoms with Crippen LogP contribution in [0, 0.1) is 11.8 Å². The number of carboxylic acid groups (broad SMARTS) is 1. The molecule has 2 N–H and O–H groups in total. The third kappa shape index (κ3) is 1.60. The monoisotopic (exact) mass is 156 g/mol. The van der Waals surface area contributed by atoms with E-state index in [2.05, 4.69) is 0 Å². The fourth-order valence-electron chi connectivity index (χ4n) is 1.44. The Morgan fingerprint density at radius 2 is 2.27 bits per heavy atom. The molecule has 62 valence electrons. The Hall–Kier alpha value is -0.830. The average molecular weight is 156 g/mol. The summed E-state index contributed by atoms with van der Waals surface area (Å²) in [5.41, 5.74) is 0. The van der Waals surface area contributed by atoms with Gasteiger partial charge in [0.05, 0.1) is 12.0 Å². The van der Waals surface area contributed by atoms with Crippen molar-refractivity contribution in [2.75, 3.05) is 0 Å². The topological polar surface area (TPSA) is 57.5 Å². The molecule has 0 aliphatic heterocycles. The summed E-state index contributed by atoms with van der Waals surface area (Å²) >= 11 is 0. The number of aliphatic carboxylic acids is 1. The summed E-state index contributed by atoms with van der Waals surface area (Å²) in [5, 5.41) is 18.0. The lowest BCUT2D eigenvalue weighted by molar-refractivity contribution is -0.147. The van der Waals surface area contributed by atoms with Gasteiger partial charge >= 0.3 is 5.97 Å². The highest BCUT2D eigenvalue weighted by molar-refractivity contribution is 5.71. The van der Waals surface area contributed by atoms with Crippen molar-refractivity contribution in [3.8, 4) is 0 Å². The second-order valence-electron chi connectivity index (χ2n) is 2.95. The second-order valence-corrected chi connectivity index (χ2v) is 2.95. The summed E-state index contributed by atoms with van der Waals surface area (Å²) in [7, 11) is 0. The molecule has 3 nitrogen and oxygen atoms in total. The lowest BCUT2D eigenvalue weighted by atomic mass is 9.83. The zero-order chi connectivity index (χ0) is 8.43. The van der Waals surface area contributed by atoms with Crippen LogP contribution in [0.15, 0.2) is 12.2 Å². The van der Waals surface area contributed by atoms with Gasteiger partial charge in [-0.15, -0.1) is 0 Å². The highest BCUT2D eigenvalue weighted by atomic mass is 16.4. The number of rotatable bonds is 1. The van der Waals surface area contributed by atoms with E-state index in [1.165, 1.54) is 0 Å². The van der Waals surface area contributed by atoms with Crippen LogP contribution in [0.2, 0.25) is 0 Å². The summed E-state index contributed by atoms with van der Waals surface area (Å²) in [6.45, 7) is 1.80. The van der Waals surface area contributed by atoms with Crippen molar-refractivity contribution >= 4 is 5.97 Å². The van der Waals surface area contributed by atoms with Crippen LogP contribution in [0.25, 0.3) is 0 Å². The normalized spacial score (nSPS) is 37.1. The number of carbonyl (C=O) groups is 1. The van der Waals surface area contributed by atoms with Crippen LogP contribution >= 0.6 is 0 Å². The molecule has 0 aromatic heterocycles. The standard InChI is InChI=1S/C8H12O3/c1-5-3-2-4-6(9)7(5)8(10)11/h2-3,5-7,9H,4H2,1H3,(H,10,11). The predicted molar refractivity (Wildman–Crippen MR) is 40.1 cm³/mol. The molecule has 1 rings (SSSR count). The minimum Gasteiger partial charge on any atom is -0.481 e. The van der Waals surface area contributed by atoms with E-state index in [0.717, 1.165) is 0 Å². The summed E-state index contributed by atoms with van der Waals surface area (Å²) in [4.78, 5) is 10.6. The van der Waals surface area contributed by atoms with Gasteiger partial charge in [-0.1, -0.05) is 19.1 Å². The minimum absolute atomic E-state index is 0.0590. The molecular weight excluding hydrogens is 144 g/mol. The Bertz CT molecular complexity index is 186. The number of hydrogen-bond donors (Lipinski definition) is 2. The molecule has 0 spiro atoms. The maximum Gasteiger partial charge on any atom is 0.309 e. The van der Waals surface area contributed by atoms with Gasteiger partial charge in [0.25, 0.3) is 0 Å². The minimum atomic E-state index is -0.908. The van der Waals surface area contributed by atoms with Gasteiger partial charge in [-0.25, -0.2) is 0 Å². The molecule has 0 heterocycles. The van der Waals surface area contributed by atoms with E-state index in [9.17, 15) is 9.90 Å². The van der Waals surface area contributed by atoms with E-state index in [4.69, 9.17) is 5.11 Å². The van der Waals surface area contributed by atoms with E-state index < -0.39 is 18.0 Å². The van der Waals surface area contributed by atoms with Crippen LogP contribution in [0.1, 0.15) is 13.3 Å². The first kappa shape index (κ1) is 8.27. The Kier molecular flexibility index (Phi) is 2.29. The predicted octanol–water partition coefficient (Wildman–Crippen LogP) is 0.644. The molecule has 1 aliphatic carbocycles. The summed E-state index contributed by atoms with van der Waals surface area (Å²) in [6, 6.07) is 0. The Labute approximate surface area is 65.3 Å². The number of hydrogen-bond acceptors (Lipinski definition) is 2. The first-order valence-electron chi connectivity index (χ1n) is 3.70. The molecule has 3 atom stereocenters. The van der Waals surface area contributed by atoms with E-state index >= 15 is 0 Å². The fraction of sp³-hybridized carbons (Fsp3) is 0.625. The van der Waals surface area contributed by atoms with Gasteiger partial charge in [0.1, 0.15) is 0 Å². The van der Waals surface area contributed by atoms with Crippen molar-refractivity contribution in [2.45, 2.75) is 19.4 Å². The lowest BCUT2D eigenvalue weighted by Crippen LogP contribution is -2.34. The smallest absolute Gasteiger partial charge is 0.309 e. The van der Waals surface area contributed by atoms with E-state index in [-0.39, 0.29) is 5.92 Å². The second kappa shape index (κ2) is 3.05. The van der Waals surface area contributed by atoms with Crippen LogP contribution in [0.4, 0.5) is 0 Å². The first-order chi connectivity index (χ1) is 5.13. The molecule has 3 heteroatoms. The number of aliphatic hydroxyl groups is 1. The van der Waals surface area contributed by atoms with Gasteiger partial charge in [0.15, 0.2) is 0 Å². The number of aliphatic hydroxyl groups excluding tert-OH is 1. The average Bonchev–Trinajstić information content (AvgIpc) is 1.85. The number of carboxylic acids is 1. The highest BCUT2D eigenvalue weighted by Crippen LogP contribution is 2.24. The van der Waals surface area contributed by atoms with E-state index in [0.29, 0.717) is 6.42 Å². The van der Waals surface area contributed by atoms with Crippen molar-refractivity contribution in [2.24, 2.45) is 11.8 Å². The molecule has 1 aliphatic rings. The Balaban J connectivity index is 2.74. The molecule has 0 fully saturated rings. The van der Waals surface area contributed by atoms with Crippen LogP contribution in [0.5, 0.6) is 0 Å². The molecule has 0 amide bonds. The van der Waals surface area contributed by atoms with Crippen LogP contribution < -0.4 is 0 Å². The molecule has 0 bridgehead atoms. The van der Waals surface area contributed by atoms with Gasteiger partial charge < -0.3 is 10.2 Å². The van der Waals surface area contributed by atoms with E-state index in [1.54, 1.807) is 6.92 Å². The first-order valence-corrected chi connectivity index (χ1v) is 3.70. The van der Waals surface area contributed by atoms with Crippen molar-refractivity contribution in [1.82, 2.24) is 0 Å². The molecule has 0 saturated heterocycles.